The number of hydrogen-bond acceptors (Lipinski definition) is 4. The van der Waals surface area contributed by atoms with Crippen molar-refractivity contribution >= 4 is 17.9 Å². The van der Waals surface area contributed by atoms with Crippen molar-refractivity contribution in [2.24, 2.45) is 23.0 Å². The highest BCUT2D eigenvalue weighted by Crippen LogP contribution is 2.37. The highest BCUT2D eigenvalue weighted by Gasteiger charge is 2.33. The fraction of sp³-hybridized carbons (Fsp3) is 0.885. The van der Waals surface area contributed by atoms with Gasteiger partial charge in [0.25, 0.3) is 0 Å². The molecular formula is C26H48N4O4. The molecule has 8 nitrogen and oxygen atoms in total. The normalized spacial score (nSPS) is 23.5. The van der Waals surface area contributed by atoms with E-state index >= 15 is 0 Å². The van der Waals surface area contributed by atoms with Crippen molar-refractivity contribution in [3.8, 4) is 0 Å². The molecule has 0 aromatic carbocycles. The molecular weight excluding hydrogens is 432 g/mol. The molecule has 0 aliphatic heterocycles. The summed E-state index contributed by atoms with van der Waals surface area (Å²) in [5.41, 5.74) is 5.77. The second kappa shape index (κ2) is 13.9. The van der Waals surface area contributed by atoms with Crippen LogP contribution in [0.4, 0.5) is 4.79 Å². The molecule has 6 N–H and O–H groups in total. The molecule has 0 heterocycles. The Kier molecular flexibility index (Phi) is 11.6. The zero-order valence-corrected chi connectivity index (χ0v) is 21.5. The number of nitrogens with two attached hydrogens (primary N) is 1. The molecule has 2 rings (SSSR count). The summed E-state index contributed by atoms with van der Waals surface area (Å²) in [6, 6.07) is -2.10. The van der Waals surface area contributed by atoms with Crippen LogP contribution >= 0.6 is 0 Å². The topological polar surface area (TPSA) is 134 Å². The van der Waals surface area contributed by atoms with E-state index in [1.807, 2.05) is 0 Å². The second-order valence-electron chi connectivity index (χ2n) is 11.5. The Morgan fingerprint density at radius 3 is 2.09 bits per heavy atom. The molecule has 3 amide bonds. The minimum atomic E-state index is -1.07. The summed E-state index contributed by atoms with van der Waals surface area (Å²) in [7, 11) is 0. The number of urea groups is 1. The van der Waals surface area contributed by atoms with Gasteiger partial charge in [-0.15, -0.1) is 0 Å². The smallest absolute Gasteiger partial charge is 0.326 e. The summed E-state index contributed by atoms with van der Waals surface area (Å²) in [6.07, 6.45) is 12.0. The van der Waals surface area contributed by atoms with Crippen molar-refractivity contribution in [3.05, 3.63) is 0 Å². The molecule has 0 spiro atoms. The highest BCUT2D eigenvalue weighted by atomic mass is 16.4. The minimum Gasteiger partial charge on any atom is -0.480 e. The highest BCUT2D eigenvalue weighted by molar-refractivity contribution is 5.88. The van der Waals surface area contributed by atoms with E-state index in [1.165, 1.54) is 6.42 Å². The third-order valence-electron chi connectivity index (χ3n) is 7.76. The predicted octanol–water partition coefficient (Wildman–Crippen LogP) is 3.93. The number of carbonyl (C=O) groups excluding carboxylic acids is 2. The van der Waals surface area contributed by atoms with Gasteiger partial charge in [-0.2, -0.15) is 0 Å². The van der Waals surface area contributed by atoms with E-state index in [0.29, 0.717) is 44.1 Å². The van der Waals surface area contributed by atoms with E-state index in [9.17, 15) is 19.5 Å². The van der Waals surface area contributed by atoms with Crippen molar-refractivity contribution in [2.45, 2.75) is 122 Å². The number of nitrogens with one attached hydrogen (secondary N) is 3. The van der Waals surface area contributed by atoms with Crippen LogP contribution in [0.1, 0.15) is 104 Å². The third-order valence-corrected chi connectivity index (χ3v) is 7.76. The Hall–Kier alpha value is -1.83. The molecule has 0 radical (unpaired) electrons. The van der Waals surface area contributed by atoms with E-state index in [1.54, 1.807) is 0 Å². The van der Waals surface area contributed by atoms with Crippen LogP contribution in [0, 0.1) is 17.3 Å². The monoisotopic (exact) mass is 480 g/mol. The average Bonchev–Trinajstić information content (AvgIpc) is 2.78. The van der Waals surface area contributed by atoms with Crippen LogP contribution in [-0.4, -0.2) is 47.7 Å². The molecule has 0 aromatic heterocycles. The molecule has 0 aromatic rings. The molecule has 196 valence electrons. The Bertz CT molecular complexity index is 650. The maximum absolute atomic E-state index is 13.2. The van der Waals surface area contributed by atoms with Gasteiger partial charge in [-0.3, -0.25) is 4.79 Å². The van der Waals surface area contributed by atoms with Gasteiger partial charge in [0.2, 0.25) is 5.91 Å². The third kappa shape index (κ3) is 9.80. The van der Waals surface area contributed by atoms with Crippen LogP contribution in [0.15, 0.2) is 0 Å². The maximum atomic E-state index is 13.2. The quantitative estimate of drug-likeness (QED) is 0.286. The Balaban J connectivity index is 1.96. The maximum Gasteiger partial charge on any atom is 0.326 e. The van der Waals surface area contributed by atoms with Gasteiger partial charge in [0.05, 0.1) is 0 Å². The summed E-state index contributed by atoms with van der Waals surface area (Å²) in [5.74, 6) is -0.151. The van der Waals surface area contributed by atoms with E-state index in [2.05, 4.69) is 36.7 Å². The number of hydrogen-bond donors (Lipinski definition) is 5. The molecule has 0 saturated heterocycles. The van der Waals surface area contributed by atoms with Gasteiger partial charge < -0.3 is 26.8 Å². The van der Waals surface area contributed by atoms with Crippen LogP contribution in [0.5, 0.6) is 0 Å². The summed E-state index contributed by atoms with van der Waals surface area (Å²) in [6.45, 7) is 7.32. The van der Waals surface area contributed by atoms with Crippen molar-refractivity contribution in [1.82, 2.24) is 16.0 Å². The Labute approximate surface area is 205 Å². The first-order chi connectivity index (χ1) is 16.1. The largest absolute Gasteiger partial charge is 0.480 e. The average molecular weight is 481 g/mol. The Morgan fingerprint density at radius 2 is 1.53 bits per heavy atom. The number of amides is 3. The van der Waals surface area contributed by atoms with Crippen LogP contribution in [0.25, 0.3) is 0 Å². The van der Waals surface area contributed by atoms with Crippen molar-refractivity contribution < 1.29 is 19.5 Å². The summed E-state index contributed by atoms with van der Waals surface area (Å²) < 4.78 is 0. The molecule has 34 heavy (non-hydrogen) atoms. The van der Waals surface area contributed by atoms with Crippen molar-refractivity contribution in [2.75, 3.05) is 6.54 Å². The SMILES string of the molecule is CC(C)(C)C1CCC(NC(=O)[C@@H](CC2CCCCC2)NC(=O)NC(CCCCN)C(=O)O)CC1. The summed E-state index contributed by atoms with van der Waals surface area (Å²) >= 11 is 0. The zero-order valence-electron chi connectivity index (χ0n) is 21.5. The van der Waals surface area contributed by atoms with E-state index in [4.69, 9.17) is 5.73 Å². The number of carboxylic acid groups (broad SMARTS) is 1. The molecule has 2 saturated carbocycles. The number of rotatable bonds is 11. The molecule has 2 fully saturated rings. The first kappa shape index (κ1) is 28.4. The molecule has 0 bridgehead atoms. The van der Waals surface area contributed by atoms with Gasteiger partial charge in [0, 0.05) is 6.04 Å². The van der Waals surface area contributed by atoms with Crippen molar-refractivity contribution in [1.29, 1.82) is 0 Å². The predicted molar refractivity (Wildman–Crippen MR) is 134 cm³/mol. The first-order valence-corrected chi connectivity index (χ1v) is 13.4. The van der Waals surface area contributed by atoms with Crippen LogP contribution < -0.4 is 21.7 Å². The fourth-order valence-corrected chi connectivity index (χ4v) is 5.50. The fourth-order valence-electron chi connectivity index (χ4n) is 5.50. The Morgan fingerprint density at radius 1 is 0.912 bits per heavy atom. The van der Waals surface area contributed by atoms with Gasteiger partial charge in [-0.25, -0.2) is 9.59 Å². The lowest BCUT2D eigenvalue weighted by Crippen LogP contribution is -2.55. The van der Waals surface area contributed by atoms with Gasteiger partial charge in [-0.05, 0) is 75.2 Å². The number of carbonyl (C=O) groups is 3. The standard InChI is InChI=1S/C26H48N4O4/c1-26(2,3)19-12-14-20(15-13-19)28-23(31)22(17-18-9-5-4-6-10-18)30-25(34)29-21(24(32)33)11-7-8-16-27/h18-22H,4-17,27H2,1-3H3,(H,28,31)(H,32,33)(H2,29,30,34)/t19?,20?,21?,22-/m1/s1. The summed E-state index contributed by atoms with van der Waals surface area (Å²) in [4.78, 5) is 37.5. The first-order valence-electron chi connectivity index (χ1n) is 13.4. The second-order valence-corrected chi connectivity index (χ2v) is 11.5. The molecule has 2 atom stereocenters. The molecule has 8 heteroatoms. The lowest BCUT2D eigenvalue weighted by molar-refractivity contribution is -0.139. The minimum absolute atomic E-state index is 0.132. The number of carboxylic acids is 1. The lowest BCUT2D eigenvalue weighted by Gasteiger charge is -2.37. The summed E-state index contributed by atoms with van der Waals surface area (Å²) in [5, 5.41) is 18.0. The molecule has 2 aliphatic carbocycles. The van der Waals surface area contributed by atoms with Crippen molar-refractivity contribution in [3.63, 3.8) is 0 Å². The van der Waals surface area contributed by atoms with Gasteiger partial charge in [-0.1, -0.05) is 52.9 Å². The zero-order chi connectivity index (χ0) is 25.1. The van der Waals surface area contributed by atoms with Gasteiger partial charge in [0.1, 0.15) is 12.1 Å². The van der Waals surface area contributed by atoms with Crippen LogP contribution in [-0.2, 0) is 9.59 Å². The van der Waals surface area contributed by atoms with Crippen LogP contribution in [0.3, 0.4) is 0 Å². The van der Waals surface area contributed by atoms with E-state index in [0.717, 1.165) is 51.4 Å². The lowest BCUT2D eigenvalue weighted by atomic mass is 9.71. The molecule has 2 aliphatic rings. The number of aliphatic carboxylic acids is 1. The van der Waals surface area contributed by atoms with E-state index in [-0.39, 0.29) is 17.4 Å². The number of unbranched alkanes of at least 4 members (excludes halogenated alkanes) is 1. The molecule has 1 unspecified atom stereocenters. The van der Waals surface area contributed by atoms with Gasteiger partial charge >= 0.3 is 12.0 Å². The van der Waals surface area contributed by atoms with Gasteiger partial charge in [0.15, 0.2) is 0 Å². The van der Waals surface area contributed by atoms with E-state index < -0.39 is 24.1 Å². The van der Waals surface area contributed by atoms with Crippen LogP contribution in [0.2, 0.25) is 0 Å².